The zero-order valence-electron chi connectivity index (χ0n) is 13.3. The lowest BCUT2D eigenvalue weighted by Crippen LogP contribution is -2.08. The fourth-order valence-electron chi connectivity index (χ4n) is 2.51. The molecule has 0 aliphatic carbocycles. The number of carbonyl (C=O) groups is 2. The Morgan fingerprint density at radius 3 is 2.77 bits per heavy atom. The van der Waals surface area contributed by atoms with E-state index in [4.69, 9.17) is 9.47 Å². The third kappa shape index (κ3) is 3.14. The molecular formula is C20H11FO4S. The lowest BCUT2D eigenvalue weighted by atomic mass is 10.1. The predicted octanol–water partition coefficient (Wildman–Crippen LogP) is 4.72. The zero-order chi connectivity index (χ0) is 18.1. The smallest absolute Gasteiger partial charge is 0.343 e. The average Bonchev–Trinajstić information content (AvgIpc) is 3.24. The Hall–Kier alpha value is -3.25. The Balaban J connectivity index is 1.56. The Morgan fingerprint density at radius 2 is 2.00 bits per heavy atom. The van der Waals surface area contributed by atoms with Gasteiger partial charge in [-0.05, 0) is 41.8 Å². The molecule has 1 aliphatic rings. The minimum atomic E-state index is -0.692. The molecule has 0 saturated carbocycles. The van der Waals surface area contributed by atoms with Crippen LogP contribution >= 0.6 is 11.3 Å². The first-order valence-corrected chi connectivity index (χ1v) is 8.58. The molecule has 0 fully saturated rings. The highest BCUT2D eigenvalue weighted by Gasteiger charge is 2.28. The third-order valence-corrected chi connectivity index (χ3v) is 4.55. The van der Waals surface area contributed by atoms with E-state index in [0.717, 1.165) is 10.9 Å². The van der Waals surface area contributed by atoms with Gasteiger partial charge in [0.25, 0.3) is 0 Å². The van der Waals surface area contributed by atoms with Crippen molar-refractivity contribution in [2.24, 2.45) is 0 Å². The van der Waals surface area contributed by atoms with E-state index >= 15 is 0 Å². The average molecular weight is 366 g/mol. The number of benzene rings is 2. The molecule has 1 aromatic heterocycles. The van der Waals surface area contributed by atoms with Crippen molar-refractivity contribution >= 4 is 29.2 Å². The number of carbonyl (C=O) groups excluding carboxylic acids is 2. The number of Topliss-reactive ketones (excluding diaryl/α,β-unsaturated/α-hetero) is 1. The van der Waals surface area contributed by atoms with Crippen LogP contribution in [0, 0.1) is 5.82 Å². The summed E-state index contributed by atoms with van der Waals surface area (Å²) in [5, 5.41) is 1.91. The van der Waals surface area contributed by atoms with E-state index < -0.39 is 11.8 Å². The molecule has 0 spiro atoms. The van der Waals surface area contributed by atoms with Gasteiger partial charge in [-0.15, -0.1) is 11.3 Å². The summed E-state index contributed by atoms with van der Waals surface area (Å²) in [6, 6.07) is 13.5. The van der Waals surface area contributed by atoms with Crippen LogP contribution in [0.3, 0.4) is 0 Å². The van der Waals surface area contributed by atoms with Gasteiger partial charge < -0.3 is 9.47 Å². The first kappa shape index (κ1) is 16.2. The molecule has 3 aromatic rings. The summed E-state index contributed by atoms with van der Waals surface area (Å²) in [6.07, 6.45) is 1.67. The van der Waals surface area contributed by atoms with Gasteiger partial charge in [-0.2, -0.15) is 0 Å². The molecule has 128 valence electrons. The third-order valence-electron chi connectivity index (χ3n) is 3.73. The van der Waals surface area contributed by atoms with E-state index in [1.54, 1.807) is 12.1 Å². The molecule has 0 atom stereocenters. The van der Waals surface area contributed by atoms with E-state index in [9.17, 15) is 14.0 Å². The zero-order valence-corrected chi connectivity index (χ0v) is 14.1. The number of allylic oxidation sites excluding steroid dienone is 1. The van der Waals surface area contributed by atoms with Crippen LogP contribution < -0.4 is 9.47 Å². The molecule has 1 aliphatic heterocycles. The number of fused-ring (bicyclic) bond motifs is 1. The Bertz CT molecular complexity index is 1040. The summed E-state index contributed by atoms with van der Waals surface area (Å²) in [7, 11) is 0. The number of thiophene rings is 1. The van der Waals surface area contributed by atoms with Gasteiger partial charge in [0, 0.05) is 17.0 Å². The van der Waals surface area contributed by atoms with Crippen molar-refractivity contribution in [2.45, 2.75) is 0 Å². The molecule has 4 nitrogen and oxygen atoms in total. The summed E-state index contributed by atoms with van der Waals surface area (Å²) in [5.41, 5.74) is 0.499. The fraction of sp³-hybridized carbons (Fsp3) is 0. The predicted molar refractivity (Wildman–Crippen MR) is 95.1 cm³/mol. The second-order valence-corrected chi connectivity index (χ2v) is 6.49. The summed E-state index contributed by atoms with van der Waals surface area (Å²) in [5.74, 6) is -0.688. The molecule has 0 unspecified atom stereocenters. The number of hydrogen-bond acceptors (Lipinski definition) is 5. The Labute approximate surface area is 152 Å². The van der Waals surface area contributed by atoms with Gasteiger partial charge in [0.15, 0.2) is 5.76 Å². The molecule has 6 heteroatoms. The summed E-state index contributed by atoms with van der Waals surface area (Å²) in [4.78, 5) is 25.4. The second kappa shape index (κ2) is 6.57. The highest BCUT2D eigenvalue weighted by molar-refractivity contribution is 7.10. The molecule has 26 heavy (non-hydrogen) atoms. The van der Waals surface area contributed by atoms with Crippen LogP contribution in [0.1, 0.15) is 25.6 Å². The Morgan fingerprint density at radius 1 is 1.12 bits per heavy atom. The van der Waals surface area contributed by atoms with Crippen LogP contribution in [0.25, 0.3) is 6.08 Å². The SMILES string of the molecule is O=C(Oc1ccc2c(c1)O/C(=C\c1cccs1)C2=O)c1cccc(F)c1. The first-order chi connectivity index (χ1) is 12.6. The minimum absolute atomic E-state index is 0.0979. The van der Waals surface area contributed by atoms with Crippen LogP contribution in [-0.4, -0.2) is 11.8 Å². The number of ether oxygens (including phenoxy) is 2. The van der Waals surface area contributed by atoms with Crippen molar-refractivity contribution in [2.75, 3.05) is 0 Å². The van der Waals surface area contributed by atoms with Crippen LogP contribution in [0.4, 0.5) is 4.39 Å². The van der Waals surface area contributed by atoms with E-state index in [0.29, 0.717) is 11.3 Å². The van der Waals surface area contributed by atoms with Gasteiger partial charge in [-0.25, -0.2) is 9.18 Å². The van der Waals surface area contributed by atoms with Gasteiger partial charge in [0.1, 0.15) is 17.3 Å². The monoisotopic (exact) mass is 366 g/mol. The summed E-state index contributed by atoms with van der Waals surface area (Å²) < 4.78 is 24.1. The van der Waals surface area contributed by atoms with Gasteiger partial charge in [-0.3, -0.25) is 4.79 Å². The molecule has 2 heterocycles. The summed E-state index contributed by atoms with van der Waals surface area (Å²) >= 11 is 1.49. The lowest BCUT2D eigenvalue weighted by molar-refractivity contribution is 0.0734. The van der Waals surface area contributed by atoms with Crippen molar-refractivity contribution in [1.29, 1.82) is 0 Å². The maximum absolute atomic E-state index is 13.2. The van der Waals surface area contributed by atoms with Crippen LogP contribution in [0.15, 0.2) is 65.7 Å². The van der Waals surface area contributed by atoms with E-state index in [-0.39, 0.29) is 22.9 Å². The molecule has 0 bridgehead atoms. The van der Waals surface area contributed by atoms with Gasteiger partial charge >= 0.3 is 5.97 Å². The highest BCUT2D eigenvalue weighted by Crippen LogP contribution is 2.35. The van der Waals surface area contributed by atoms with Crippen molar-refractivity contribution in [3.8, 4) is 11.5 Å². The summed E-state index contributed by atoms with van der Waals surface area (Å²) in [6.45, 7) is 0. The fourth-order valence-corrected chi connectivity index (χ4v) is 3.16. The molecule has 4 rings (SSSR count). The van der Waals surface area contributed by atoms with Crippen molar-refractivity contribution in [3.63, 3.8) is 0 Å². The number of hydrogen-bond donors (Lipinski definition) is 0. The van der Waals surface area contributed by atoms with Crippen molar-refractivity contribution in [3.05, 3.63) is 87.6 Å². The van der Waals surface area contributed by atoms with Gasteiger partial charge in [0.2, 0.25) is 5.78 Å². The molecule has 2 aromatic carbocycles. The first-order valence-electron chi connectivity index (χ1n) is 7.70. The normalized spacial score (nSPS) is 14.2. The standard InChI is InChI=1S/C20H11FO4S/c21-13-4-1-3-12(9-13)20(23)24-14-6-7-16-17(10-14)25-18(19(16)22)11-15-5-2-8-26-15/h1-11H/b18-11-. The number of rotatable bonds is 3. The topological polar surface area (TPSA) is 52.6 Å². The van der Waals surface area contributed by atoms with E-state index in [1.165, 1.54) is 41.7 Å². The maximum atomic E-state index is 13.2. The maximum Gasteiger partial charge on any atom is 0.343 e. The van der Waals surface area contributed by atoms with Gasteiger partial charge in [-0.1, -0.05) is 12.1 Å². The molecule has 0 saturated heterocycles. The molecule has 0 N–H and O–H groups in total. The molecule has 0 radical (unpaired) electrons. The molecular weight excluding hydrogens is 355 g/mol. The largest absolute Gasteiger partial charge is 0.452 e. The van der Waals surface area contributed by atoms with Crippen LogP contribution in [0.2, 0.25) is 0 Å². The van der Waals surface area contributed by atoms with Gasteiger partial charge in [0.05, 0.1) is 11.1 Å². The van der Waals surface area contributed by atoms with Crippen molar-refractivity contribution in [1.82, 2.24) is 0 Å². The minimum Gasteiger partial charge on any atom is -0.452 e. The van der Waals surface area contributed by atoms with E-state index in [2.05, 4.69) is 0 Å². The number of ketones is 1. The quantitative estimate of drug-likeness (QED) is 0.382. The van der Waals surface area contributed by atoms with Crippen LogP contribution in [0.5, 0.6) is 11.5 Å². The number of esters is 1. The number of halogens is 1. The molecule has 0 amide bonds. The van der Waals surface area contributed by atoms with E-state index in [1.807, 2.05) is 17.5 Å². The van der Waals surface area contributed by atoms with Crippen LogP contribution in [-0.2, 0) is 0 Å². The Kier molecular flexibility index (Phi) is 4.10. The second-order valence-electron chi connectivity index (χ2n) is 5.51. The highest BCUT2D eigenvalue weighted by atomic mass is 32.1. The lowest BCUT2D eigenvalue weighted by Gasteiger charge is -2.05. The van der Waals surface area contributed by atoms with Crippen molar-refractivity contribution < 1.29 is 23.5 Å².